The van der Waals surface area contributed by atoms with Gasteiger partial charge in [-0.2, -0.15) is 4.98 Å². The largest absolute Gasteiger partial charge is 0.467 e. The molecule has 2 rings (SSSR count). The highest BCUT2D eigenvalue weighted by molar-refractivity contribution is 5.68. The maximum Gasteiger partial charge on any atom is 0.410 e. The number of hydrogen-bond donors (Lipinski definition) is 0. The van der Waals surface area contributed by atoms with E-state index in [2.05, 4.69) is 9.97 Å². The number of fused-ring (bicyclic) bond motifs is 1. The summed E-state index contributed by atoms with van der Waals surface area (Å²) in [6, 6.07) is 0.324. The van der Waals surface area contributed by atoms with Gasteiger partial charge in [-0.05, 0) is 32.8 Å². The fraction of sp³-hybridized carbons (Fsp3) is 0.615. The van der Waals surface area contributed by atoms with Crippen LogP contribution in [0.4, 0.5) is 4.79 Å². The third-order valence-corrected chi connectivity index (χ3v) is 2.76. The molecule has 6 heteroatoms. The molecule has 6 nitrogen and oxygen atoms in total. The average molecular weight is 265 g/mol. The minimum absolute atomic E-state index is 0.310. The van der Waals surface area contributed by atoms with Crippen molar-refractivity contribution in [2.24, 2.45) is 0 Å². The van der Waals surface area contributed by atoms with Crippen molar-refractivity contribution in [1.82, 2.24) is 14.9 Å². The van der Waals surface area contributed by atoms with Gasteiger partial charge >= 0.3 is 12.1 Å². The maximum atomic E-state index is 12.0. The van der Waals surface area contributed by atoms with Crippen molar-refractivity contribution in [2.45, 2.75) is 39.3 Å². The van der Waals surface area contributed by atoms with E-state index in [0.717, 1.165) is 17.7 Å². The highest BCUT2D eigenvalue weighted by atomic mass is 16.6. The summed E-state index contributed by atoms with van der Waals surface area (Å²) in [6.45, 7) is 6.62. The molecule has 1 aliphatic rings. The standard InChI is InChI=1S/C13H19N3O3/c1-13(2,3)19-12(17)16-6-5-9-7-14-11(18-4)15-10(9)8-16/h7H,5-6,8H2,1-4H3. The number of nitrogens with zero attached hydrogens (tertiary/aromatic N) is 3. The first-order valence-corrected chi connectivity index (χ1v) is 6.26. The molecular weight excluding hydrogens is 246 g/mol. The molecule has 1 aromatic heterocycles. The molecule has 0 N–H and O–H groups in total. The van der Waals surface area contributed by atoms with Crippen molar-refractivity contribution in [3.8, 4) is 6.01 Å². The van der Waals surface area contributed by atoms with Gasteiger partial charge in [0.15, 0.2) is 0 Å². The fourth-order valence-electron chi connectivity index (χ4n) is 1.87. The van der Waals surface area contributed by atoms with Crippen LogP contribution in [0.3, 0.4) is 0 Å². The molecular formula is C13H19N3O3. The predicted molar refractivity (Wildman–Crippen MR) is 68.9 cm³/mol. The lowest BCUT2D eigenvalue weighted by Crippen LogP contribution is -2.40. The number of amides is 1. The molecule has 0 unspecified atom stereocenters. The van der Waals surface area contributed by atoms with E-state index in [4.69, 9.17) is 9.47 Å². The number of aromatic nitrogens is 2. The molecule has 0 saturated heterocycles. The molecule has 104 valence electrons. The van der Waals surface area contributed by atoms with Crippen molar-refractivity contribution in [3.63, 3.8) is 0 Å². The second-order valence-electron chi connectivity index (χ2n) is 5.48. The lowest BCUT2D eigenvalue weighted by atomic mass is 10.1. The smallest absolute Gasteiger partial charge is 0.410 e. The lowest BCUT2D eigenvalue weighted by molar-refractivity contribution is 0.0220. The molecule has 0 atom stereocenters. The summed E-state index contributed by atoms with van der Waals surface area (Å²) in [4.78, 5) is 22.0. The summed E-state index contributed by atoms with van der Waals surface area (Å²) < 4.78 is 10.4. The molecule has 2 heterocycles. The van der Waals surface area contributed by atoms with Crippen LogP contribution in [0.15, 0.2) is 6.20 Å². The van der Waals surface area contributed by atoms with E-state index in [9.17, 15) is 4.79 Å². The summed E-state index contributed by atoms with van der Waals surface area (Å²) in [7, 11) is 1.52. The Hall–Kier alpha value is -1.85. The van der Waals surface area contributed by atoms with Crippen LogP contribution < -0.4 is 4.74 Å². The van der Waals surface area contributed by atoms with Crippen LogP contribution in [-0.2, 0) is 17.7 Å². The van der Waals surface area contributed by atoms with Crippen LogP contribution in [0.1, 0.15) is 32.0 Å². The van der Waals surface area contributed by atoms with Crippen LogP contribution >= 0.6 is 0 Å². The van der Waals surface area contributed by atoms with E-state index in [0.29, 0.717) is 19.1 Å². The van der Waals surface area contributed by atoms with Gasteiger partial charge in [-0.15, -0.1) is 0 Å². The van der Waals surface area contributed by atoms with Gasteiger partial charge in [0.2, 0.25) is 0 Å². The SMILES string of the molecule is COc1ncc2c(n1)CN(C(=O)OC(C)(C)C)CC2. The van der Waals surface area contributed by atoms with Crippen LogP contribution in [0.5, 0.6) is 6.01 Å². The molecule has 0 saturated carbocycles. The Kier molecular flexibility index (Phi) is 3.59. The quantitative estimate of drug-likeness (QED) is 0.774. The van der Waals surface area contributed by atoms with E-state index in [1.807, 2.05) is 20.8 Å². The first kappa shape index (κ1) is 13.6. The molecule has 1 aliphatic heterocycles. The summed E-state index contributed by atoms with van der Waals surface area (Å²) in [5.41, 5.74) is 1.39. The minimum atomic E-state index is -0.485. The molecule has 0 aliphatic carbocycles. The maximum absolute atomic E-state index is 12.0. The second kappa shape index (κ2) is 5.03. The predicted octanol–water partition coefficient (Wildman–Crippen LogP) is 1.78. The minimum Gasteiger partial charge on any atom is -0.467 e. The summed E-state index contributed by atoms with van der Waals surface area (Å²) >= 11 is 0. The van der Waals surface area contributed by atoms with E-state index in [1.54, 1.807) is 11.1 Å². The Morgan fingerprint density at radius 3 is 2.79 bits per heavy atom. The third-order valence-electron chi connectivity index (χ3n) is 2.76. The zero-order chi connectivity index (χ0) is 14.0. The van der Waals surface area contributed by atoms with Crippen molar-refractivity contribution in [3.05, 3.63) is 17.5 Å². The molecule has 0 aromatic carbocycles. The van der Waals surface area contributed by atoms with Crippen LogP contribution in [0.2, 0.25) is 0 Å². The first-order valence-electron chi connectivity index (χ1n) is 6.26. The fourth-order valence-corrected chi connectivity index (χ4v) is 1.87. The lowest BCUT2D eigenvalue weighted by Gasteiger charge is -2.30. The van der Waals surface area contributed by atoms with E-state index < -0.39 is 5.60 Å². The van der Waals surface area contributed by atoms with E-state index in [-0.39, 0.29) is 6.09 Å². The summed E-state index contributed by atoms with van der Waals surface area (Å²) in [6.07, 6.45) is 2.18. The highest BCUT2D eigenvalue weighted by Crippen LogP contribution is 2.20. The molecule has 0 spiro atoms. The Bertz CT molecular complexity index is 483. The summed E-state index contributed by atoms with van der Waals surface area (Å²) in [5.74, 6) is 0. The molecule has 19 heavy (non-hydrogen) atoms. The van der Waals surface area contributed by atoms with Crippen molar-refractivity contribution in [1.29, 1.82) is 0 Å². The topological polar surface area (TPSA) is 64.6 Å². The number of hydrogen-bond acceptors (Lipinski definition) is 5. The Balaban J connectivity index is 2.10. The Morgan fingerprint density at radius 2 is 2.16 bits per heavy atom. The molecule has 0 bridgehead atoms. The zero-order valence-corrected chi connectivity index (χ0v) is 11.8. The number of methoxy groups -OCH3 is 1. The number of carbonyl (C=O) groups excluding carboxylic acids is 1. The van der Waals surface area contributed by atoms with Gasteiger partial charge in [0.1, 0.15) is 5.60 Å². The zero-order valence-electron chi connectivity index (χ0n) is 11.8. The van der Waals surface area contributed by atoms with Gasteiger partial charge in [0.05, 0.1) is 19.3 Å². The van der Waals surface area contributed by atoms with Gasteiger partial charge in [0.25, 0.3) is 0 Å². The Morgan fingerprint density at radius 1 is 1.42 bits per heavy atom. The third kappa shape index (κ3) is 3.33. The number of rotatable bonds is 1. The number of ether oxygens (including phenoxy) is 2. The Labute approximate surface area is 112 Å². The van der Waals surface area contributed by atoms with Crippen molar-refractivity contribution < 1.29 is 14.3 Å². The molecule has 1 aromatic rings. The average Bonchev–Trinajstić information content (AvgIpc) is 2.35. The van der Waals surface area contributed by atoms with Crippen molar-refractivity contribution in [2.75, 3.05) is 13.7 Å². The van der Waals surface area contributed by atoms with Crippen LogP contribution in [0, 0.1) is 0 Å². The van der Waals surface area contributed by atoms with Gasteiger partial charge < -0.3 is 14.4 Å². The normalized spacial score (nSPS) is 14.8. The van der Waals surface area contributed by atoms with E-state index >= 15 is 0 Å². The molecule has 0 fully saturated rings. The summed E-state index contributed by atoms with van der Waals surface area (Å²) in [5, 5.41) is 0. The van der Waals surface area contributed by atoms with E-state index in [1.165, 1.54) is 7.11 Å². The van der Waals surface area contributed by atoms with Crippen LogP contribution in [0.25, 0.3) is 0 Å². The number of carbonyl (C=O) groups is 1. The molecule has 0 radical (unpaired) electrons. The van der Waals surface area contributed by atoms with Gasteiger partial charge in [-0.25, -0.2) is 9.78 Å². The van der Waals surface area contributed by atoms with Gasteiger partial charge in [-0.1, -0.05) is 0 Å². The van der Waals surface area contributed by atoms with Crippen molar-refractivity contribution >= 4 is 6.09 Å². The van der Waals surface area contributed by atoms with Gasteiger partial charge in [-0.3, -0.25) is 0 Å². The van der Waals surface area contributed by atoms with Crippen LogP contribution in [-0.4, -0.2) is 40.2 Å². The monoisotopic (exact) mass is 265 g/mol. The second-order valence-corrected chi connectivity index (χ2v) is 5.48. The highest BCUT2D eigenvalue weighted by Gasteiger charge is 2.26. The van der Waals surface area contributed by atoms with Gasteiger partial charge in [0, 0.05) is 12.7 Å². The molecule has 1 amide bonds. The first-order chi connectivity index (χ1) is 8.89.